The van der Waals surface area contributed by atoms with Crippen LogP contribution >= 0.6 is 0 Å². The van der Waals surface area contributed by atoms with E-state index in [-0.39, 0.29) is 24.7 Å². The molecule has 1 aliphatic rings. The molecule has 6 heteroatoms. The van der Waals surface area contributed by atoms with Crippen LogP contribution in [0.15, 0.2) is 43.0 Å². The number of aliphatic hydroxyl groups excluding tert-OH is 1. The van der Waals surface area contributed by atoms with Crippen molar-refractivity contribution < 1.29 is 9.90 Å². The van der Waals surface area contributed by atoms with E-state index in [2.05, 4.69) is 15.3 Å². The lowest BCUT2D eigenvalue weighted by Gasteiger charge is -2.24. The number of hydrogen-bond donors (Lipinski definition) is 2. The number of benzene rings is 1. The number of carbonyl (C=O) groups is 1. The molecule has 0 saturated heterocycles. The van der Waals surface area contributed by atoms with Gasteiger partial charge < -0.3 is 15.3 Å². The van der Waals surface area contributed by atoms with E-state index in [1.807, 2.05) is 31.2 Å². The van der Waals surface area contributed by atoms with Crippen molar-refractivity contribution in [3.05, 3.63) is 48.5 Å². The zero-order valence-corrected chi connectivity index (χ0v) is 13.7. The van der Waals surface area contributed by atoms with Gasteiger partial charge in [-0.05, 0) is 30.9 Å². The maximum absolute atomic E-state index is 12.4. The fourth-order valence-corrected chi connectivity index (χ4v) is 2.71. The Morgan fingerprint density at radius 1 is 1.25 bits per heavy atom. The van der Waals surface area contributed by atoms with E-state index in [9.17, 15) is 4.79 Å². The van der Waals surface area contributed by atoms with Crippen molar-refractivity contribution >= 4 is 6.03 Å². The molecule has 126 valence electrons. The highest BCUT2D eigenvalue weighted by molar-refractivity contribution is 5.75. The summed E-state index contributed by atoms with van der Waals surface area (Å²) in [7, 11) is 0. The molecule has 2 amide bonds. The van der Waals surface area contributed by atoms with Crippen molar-refractivity contribution in [1.29, 1.82) is 0 Å². The van der Waals surface area contributed by atoms with Crippen molar-refractivity contribution in [2.75, 3.05) is 13.2 Å². The van der Waals surface area contributed by atoms with Crippen LogP contribution in [0.3, 0.4) is 0 Å². The number of aromatic nitrogens is 2. The van der Waals surface area contributed by atoms with Gasteiger partial charge >= 0.3 is 6.03 Å². The smallest absolute Gasteiger partial charge is 0.318 e. The second-order valence-corrected chi connectivity index (χ2v) is 6.07. The van der Waals surface area contributed by atoms with Crippen LogP contribution in [0.5, 0.6) is 0 Å². The molecule has 0 unspecified atom stereocenters. The average Bonchev–Trinajstić information content (AvgIpc) is 3.45. The van der Waals surface area contributed by atoms with Crippen LogP contribution in [0, 0.1) is 0 Å². The monoisotopic (exact) mass is 326 g/mol. The van der Waals surface area contributed by atoms with Gasteiger partial charge in [0.25, 0.3) is 0 Å². The highest BCUT2D eigenvalue weighted by Crippen LogP contribution is 2.27. The molecular weight excluding hydrogens is 304 g/mol. The van der Waals surface area contributed by atoms with E-state index in [4.69, 9.17) is 5.11 Å². The molecule has 2 N–H and O–H groups in total. The number of aliphatic hydroxyl groups is 1. The van der Waals surface area contributed by atoms with Crippen LogP contribution in [-0.4, -0.2) is 45.2 Å². The summed E-state index contributed by atoms with van der Waals surface area (Å²) in [4.78, 5) is 22.1. The molecule has 1 heterocycles. The van der Waals surface area contributed by atoms with E-state index in [1.165, 1.54) is 6.33 Å². The Labute approximate surface area is 141 Å². The molecule has 6 nitrogen and oxygen atoms in total. The van der Waals surface area contributed by atoms with Gasteiger partial charge in [0, 0.05) is 30.5 Å². The minimum atomic E-state index is -0.111. The van der Waals surface area contributed by atoms with E-state index in [0.717, 1.165) is 29.5 Å². The van der Waals surface area contributed by atoms with Gasteiger partial charge in [-0.3, -0.25) is 0 Å². The number of rotatable bonds is 6. The normalized spacial score (nSPS) is 14.9. The Morgan fingerprint density at radius 2 is 1.92 bits per heavy atom. The minimum absolute atomic E-state index is 0.00779. The molecule has 0 bridgehead atoms. The molecule has 0 aliphatic heterocycles. The van der Waals surface area contributed by atoms with Gasteiger partial charge in [-0.2, -0.15) is 0 Å². The summed E-state index contributed by atoms with van der Waals surface area (Å²) in [6.45, 7) is 2.34. The molecule has 24 heavy (non-hydrogen) atoms. The van der Waals surface area contributed by atoms with Gasteiger partial charge in [0.15, 0.2) is 0 Å². The van der Waals surface area contributed by atoms with Crippen LogP contribution in [0.1, 0.15) is 31.4 Å². The third-order valence-corrected chi connectivity index (χ3v) is 4.23. The third-order valence-electron chi connectivity index (χ3n) is 4.23. The van der Waals surface area contributed by atoms with Crippen LogP contribution < -0.4 is 5.32 Å². The number of nitrogens with zero attached hydrogens (tertiary/aromatic N) is 3. The largest absolute Gasteiger partial charge is 0.395 e. The lowest BCUT2D eigenvalue weighted by molar-refractivity contribution is 0.171. The van der Waals surface area contributed by atoms with Crippen LogP contribution in [0.2, 0.25) is 0 Å². The van der Waals surface area contributed by atoms with Gasteiger partial charge in [-0.15, -0.1) is 0 Å². The zero-order chi connectivity index (χ0) is 16.9. The fourth-order valence-electron chi connectivity index (χ4n) is 2.71. The van der Waals surface area contributed by atoms with Crippen molar-refractivity contribution in [1.82, 2.24) is 20.2 Å². The predicted octanol–water partition coefficient (Wildman–Crippen LogP) is 2.37. The van der Waals surface area contributed by atoms with Gasteiger partial charge in [-0.25, -0.2) is 14.8 Å². The molecule has 3 rings (SSSR count). The lowest BCUT2D eigenvalue weighted by atomic mass is 10.0. The number of urea groups is 1. The molecule has 1 atom stereocenters. The lowest BCUT2D eigenvalue weighted by Crippen LogP contribution is -2.43. The molecule has 1 aromatic heterocycles. The van der Waals surface area contributed by atoms with Gasteiger partial charge in [0.2, 0.25) is 0 Å². The molecular formula is C18H22N4O2. The second kappa shape index (κ2) is 7.40. The van der Waals surface area contributed by atoms with E-state index in [1.54, 1.807) is 17.3 Å². The first-order chi connectivity index (χ1) is 11.7. The fraction of sp³-hybridized carbons (Fsp3) is 0.389. The minimum Gasteiger partial charge on any atom is -0.395 e. The quantitative estimate of drug-likeness (QED) is 0.854. The topological polar surface area (TPSA) is 78.4 Å². The van der Waals surface area contributed by atoms with Crippen LogP contribution in [0.4, 0.5) is 4.79 Å². The number of amides is 2. The first-order valence-electron chi connectivity index (χ1n) is 8.22. The highest BCUT2D eigenvalue weighted by atomic mass is 16.3. The Kier molecular flexibility index (Phi) is 5.05. The summed E-state index contributed by atoms with van der Waals surface area (Å²) in [6.07, 6.45) is 7.10. The van der Waals surface area contributed by atoms with E-state index < -0.39 is 0 Å². The molecule has 1 fully saturated rings. The summed E-state index contributed by atoms with van der Waals surface area (Å²) < 4.78 is 0. The summed E-state index contributed by atoms with van der Waals surface area (Å²) in [5.41, 5.74) is 3.03. The Morgan fingerprint density at radius 3 is 2.50 bits per heavy atom. The molecule has 0 spiro atoms. The van der Waals surface area contributed by atoms with Gasteiger partial charge in [-0.1, -0.05) is 24.3 Å². The molecule has 2 aromatic rings. The van der Waals surface area contributed by atoms with Crippen molar-refractivity contribution in [2.24, 2.45) is 0 Å². The van der Waals surface area contributed by atoms with Crippen LogP contribution in [-0.2, 0) is 0 Å². The highest BCUT2D eigenvalue weighted by Gasteiger charge is 2.32. The molecule has 1 saturated carbocycles. The summed E-state index contributed by atoms with van der Waals surface area (Å²) in [5.74, 6) is 0. The SMILES string of the molecule is C[C@H](NC(=O)N(CCO)C1CC1)c1ccc(-c2cncnc2)cc1. The Hall–Kier alpha value is -2.47. The molecule has 0 radical (unpaired) electrons. The number of hydrogen-bond acceptors (Lipinski definition) is 4. The first kappa shape index (κ1) is 16.4. The van der Waals surface area contributed by atoms with E-state index >= 15 is 0 Å². The summed E-state index contributed by atoms with van der Waals surface area (Å²) in [6, 6.07) is 8.08. The second-order valence-electron chi connectivity index (χ2n) is 6.07. The van der Waals surface area contributed by atoms with E-state index in [0.29, 0.717) is 6.54 Å². The van der Waals surface area contributed by atoms with Crippen molar-refractivity contribution in [3.8, 4) is 11.1 Å². The summed E-state index contributed by atoms with van der Waals surface area (Å²) in [5, 5.41) is 12.1. The standard InChI is InChI=1S/C18H22N4O2/c1-13(21-18(24)22(8-9-23)17-6-7-17)14-2-4-15(5-3-14)16-10-19-12-20-11-16/h2-5,10-13,17,23H,6-9H2,1H3,(H,21,24)/t13-/m0/s1. The molecule has 1 aromatic carbocycles. The maximum Gasteiger partial charge on any atom is 0.318 e. The first-order valence-corrected chi connectivity index (χ1v) is 8.22. The number of carbonyl (C=O) groups excluding carboxylic acids is 1. The van der Waals surface area contributed by atoms with Crippen molar-refractivity contribution in [3.63, 3.8) is 0 Å². The third kappa shape index (κ3) is 3.89. The summed E-state index contributed by atoms with van der Waals surface area (Å²) >= 11 is 0. The predicted molar refractivity (Wildman–Crippen MR) is 91.2 cm³/mol. The zero-order valence-electron chi connectivity index (χ0n) is 13.7. The average molecular weight is 326 g/mol. The van der Waals surface area contributed by atoms with Crippen molar-refractivity contribution in [2.45, 2.75) is 31.8 Å². The van der Waals surface area contributed by atoms with Gasteiger partial charge in [0.05, 0.1) is 12.6 Å². The van der Waals surface area contributed by atoms with Gasteiger partial charge in [0.1, 0.15) is 6.33 Å². The Balaban J connectivity index is 1.64. The van der Waals surface area contributed by atoms with Crippen LogP contribution in [0.25, 0.3) is 11.1 Å². The number of nitrogens with one attached hydrogen (secondary N) is 1. The Bertz CT molecular complexity index is 671. The maximum atomic E-state index is 12.4. The molecule has 1 aliphatic carbocycles.